The van der Waals surface area contributed by atoms with E-state index < -0.39 is 23.8 Å². The summed E-state index contributed by atoms with van der Waals surface area (Å²) < 4.78 is 0. The molecule has 4 N–H and O–H groups in total. The van der Waals surface area contributed by atoms with E-state index in [2.05, 4.69) is 15.3 Å². The van der Waals surface area contributed by atoms with Crippen LogP contribution < -0.4 is 16.0 Å². The van der Waals surface area contributed by atoms with Crippen molar-refractivity contribution in [1.82, 2.24) is 15.3 Å². The summed E-state index contributed by atoms with van der Waals surface area (Å²) >= 11 is 12.1. The van der Waals surface area contributed by atoms with Gasteiger partial charge in [-0.05, 0) is 42.3 Å². The van der Waals surface area contributed by atoms with Gasteiger partial charge in [-0.1, -0.05) is 53.6 Å². The molecule has 0 radical (unpaired) electrons. The van der Waals surface area contributed by atoms with Gasteiger partial charge in [-0.2, -0.15) is 0 Å². The Morgan fingerprint density at radius 1 is 1.03 bits per heavy atom. The van der Waals surface area contributed by atoms with E-state index in [0.29, 0.717) is 11.6 Å². The summed E-state index contributed by atoms with van der Waals surface area (Å²) in [6.45, 7) is -0.103. The predicted octanol–water partition coefficient (Wildman–Crippen LogP) is 3.69. The zero-order valence-corrected chi connectivity index (χ0v) is 19.8. The molecule has 0 aliphatic heterocycles. The molecule has 1 atom stereocenters. The lowest BCUT2D eigenvalue weighted by Crippen LogP contribution is -2.40. The minimum Gasteiger partial charge on any atom is -0.480 e. The smallest absolute Gasteiger partial charge is 0.326 e. The molecular formula is C24H21Cl2N5O4. The third kappa shape index (κ3) is 7.02. The molecule has 2 amide bonds. The van der Waals surface area contributed by atoms with E-state index in [9.17, 15) is 19.5 Å². The fourth-order valence-corrected chi connectivity index (χ4v) is 3.71. The van der Waals surface area contributed by atoms with Gasteiger partial charge in [-0.25, -0.2) is 14.8 Å². The van der Waals surface area contributed by atoms with Crippen LogP contribution in [0.2, 0.25) is 10.0 Å². The monoisotopic (exact) mass is 513 g/mol. The molecule has 1 aromatic heterocycles. The number of nitrogens with one attached hydrogen (secondary N) is 1. The summed E-state index contributed by atoms with van der Waals surface area (Å²) in [6, 6.07) is 12.1. The topological polar surface area (TPSA) is 139 Å². The van der Waals surface area contributed by atoms with Gasteiger partial charge < -0.3 is 21.1 Å². The zero-order chi connectivity index (χ0) is 25.4. The number of halogens is 2. The third-order valence-electron chi connectivity index (χ3n) is 4.79. The van der Waals surface area contributed by atoms with Crippen molar-refractivity contribution in [2.75, 3.05) is 11.4 Å². The van der Waals surface area contributed by atoms with Crippen LogP contribution in [0.15, 0.2) is 67.0 Å². The van der Waals surface area contributed by atoms with Gasteiger partial charge in [0.25, 0.3) is 5.91 Å². The standard InChI is InChI=1S/C24H21Cl2N5O4/c25-17-5-2-6-18(26)21(17)22(33)30-19(23(34)35)7-1-4-15-8-10-16(11-9-15)31(14-20(27)32)24-28-12-3-13-29-24/h1-6,8-13,19H,7,14H2,(H2,27,32)(H,30,33)(H,34,35)/b4-1+. The fourth-order valence-electron chi connectivity index (χ4n) is 3.14. The SMILES string of the molecule is NC(=O)CN(c1ccc(/C=C/CC(NC(=O)c2c(Cl)cccc2Cl)C(=O)O)cc1)c1ncccn1. The number of anilines is 2. The van der Waals surface area contributed by atoms with Crippen molar-refractivity contribution in [1.29, 1.82) is 0 Å². The van der Waals surface area contributed by atoms with Crippen LogP contribution in [-0.4, -0.2) is 45.4 Å². The Balaban J connectivity index is 1.69. The van der Waals surface area contributed by atoms with Crippen molar-refractivity contribution < 1.29 is 19.5 Å². The molecule has 0 bridgehead atoms. The molecule has 0 saturated heterocycles. The second-order valence-electron chi connectivity index (χ2n) is 7.29. The number of nitrogens with zero attached hydrogens (tertiary/aromatic N) is 3. The van der Waals surface area contributed by atoms with Crippen molar-refractivity contribution in [3.05, 3.63) is 88.2 Å². The van der Waals surface area contributed by atoms with Crippen molar-refractivity contribution in [2.45, 2.75) is 12.5 Å². The number of nitrogens with two attached hydrogens (primary N) is 1. The molecule has 0 fully saturated rings. The molecule has 3 rings (SSSR count). The highest BCUT2D eigenvalue weighted by Gasteiger charge is 2.22. The first-order valence-electron chi connectivity index (χ1n) is 10.3. The van der Waals surface area contributed by atoms with Crippen molar-refractivity contribution in [2.24, 2.45) is 5.73 Å². The van der Waals surface area contributed by atoms with Crippen molar-refractivity contribution in [3.8, 4) is 0 Å². The summed E-state index contributed by atoms with van der Waals surface area (Å²) in [7, 11) is 0. The number of aliphatic carboxylic acids is 1. The summed E-state index contributed by atoms with van der Waals surface area (Å²) in [5.41, 5.74) is 6.80. The number of aromatic nitrogens is 2. The average molecular weight is 514 g/mol. The van der Waals surface area contributed by atoms with E-state index in [-0.39, 0.29) is 28.6 Å². The Kier molecular flexibility index (Phi) is 8.77. The van der Waals surface area contributed by atoms with Crippen LogP contribution in [0, 0.1) is 0 Å². The second kappa shape index (κ2) is 12.0. The number of rotatable bonds is 10. The number of benzene rings is 2. The normalized spacial score (nSPS) is 11.7. The first-order chi connectivity index (χ1) is 16.8. The van der Waals surface area contributed by atoms with E-state index in [0.717, 1.165) is 5.56 Å². The van der Waals surface area contributed by atoms with Gasteiger partial charge in [-0.15, -0.1) is 0 Å². The van der Waals surface area contributed by atoms with Gasteiger partial charge in [0.2, 0.25) is 11.9 Å². The van der Waals surface area contributed by atoms with Crippen LogP contribution in [-0.2, 0) is 9.59 Å². The molecule has 0 aliphatic carbocycles. The maximum Gasteiger partial charge on any atom is 0.326 e. The molecule has 11 heteroatoms. The number of amides is 2. The molecule has 0 spiro atoms. The fraction of sp³-hybridized carbons (Fsp3) is 0.125. The quantitative estimate of drug-likeness (QED) is 0.375. The maximum absolute atomic E-state index is 12.5. The molecule has 2 aromatic carbocycles. The van der Waals surface area contributed by atoms with E-state index in [1.54, 1.807) is 65.8 Å². The summed E-state index contributed by atoms with van der Waals surface area (Å²) in [4.78, 5) is 45.6. The lowest BCUT2D eigenvalue weighted by Gasteiger charge is -2.21. The van der Waals surface area contributed by atoms with Crippen LogP contribution in [0.25, 0.3) is 6.08 Å². The zero-order valence-electron chi connectivity index (χ0n) is 18.3. The molecule has 0 aliphatic rings. The van der Waals surface area contributed by atoms with E-state index >= 15 is 0 Å². The van der Waals surface area contributed by atoms with Crippen LogP contribution in [0.3, 0.4) is 0 Å². The molecule has 180 valence electrons. The molecule has 1 unspecified atom stereocenters. The van der Waals surface area contributed by atoms with E-state index in [1.165, 1.54) is 12.1 Å². The summed E-state index contributed by atoms with van der Waals surface area (Å²) in [6.07, 6.45) is 6.49. The lowest BCUT2D eigenvalue weighted by atomic mass is 10.1. The van der Waals surface area contributed by atoms with Crippen molar-refractivity contribution in [3.63, 3.8) is 0 Å². The van der Waals surface area contributed by atoms with Gasteiger partial charge in [0.15, 0.2) is 0 Å². The molecule has 0 saturated carbocycles. The minimum atomic E-state index is -1.20. The summed E-state index contributed by atoms with van der Waals surface area (Å²) in [5.74, 6) is -2.09. The number of carbonyl (C=O) groups excluding carboxylic acids is 2. The highest BCUT2D eigenvalue weighted by molar-refractivity contribution is 6.39. The van der Waals surface area contributed by atoms with Crippen molar-refractivity contribution >= 4 is 58.7 Å². The Morgan fingerprint density at radius 3 is 2.23 bits per heavy atom. The van der Waals surface area contributed by atoms with Crippen LogP contribution >= 0.6 is 23.2 Å². The highest BCUT2D eigenvalue weighted by Crippen LogP contribution is 2.25. The highest BCUT2D eigenvalue weighted by atomic mass is 35.5. The Morgan fingerprint density at radius 2 is 1.66 bits per heavy atom. The first-order valence-corrected chi connectivity index (χ1v) is 11.1. The third-order valence-corrected chi connectivity index (χ3v) is 5.42. The Bertz CT molecular complexity index is 1220. The van der Waals surface area contributed by atoms with Crippen LogP contribution in [0.1, 0.15) is 22.3 Å². The number of carboxylic acids is 1. The molecule has 9 nitrogen and oxygen atoms in total. The lowest BCUT2D eigenvalue weighted by molar-refractivity contribution is -0.139. The predicted molar refractivity (Wildman–Crippen MR) is 134 cm³/mol. The maximum atomic E-state index is 12.5. The molecule has 1 heterocycles. The van der Waals surface area contributed by atoms with Gasteiger partial charge in [0.1, 0.15) is 12.6 Å². The van der Waals surface area contributed by atoms with Crippen LogP contribution in [0.4, 0.5) is 11.6 Å². The van der Waals surface area contributed by atoms with Crippen LogP contribution in [0.5, 0.6) is 0 Å². The first kappa shape index (κ1) is 25.7. The Hall–Kier alpha value is -3.95. The van der Waals surface area contributed by atoms with E-state index in [4.69, 9.17) is 28.9 Å². The average Bonchev–Trinajstić information content (AvgIpc) is 2.82. The largest absolute Gasteiger partial charge is 0.480 e. The molecule has 35 heavy (non-hydrogen) atoms. The minimum absolute atomic E-state index is 0.0181. The van der Waals surface area contributed by atoms with E-state index in [1.807, 2.05) is 0 Å². The molecular weight excluding hydrogens is 493 g/mol. The number of carboxylic acid groups (broad SMARTS) is 1. The number of hydrogen-bond acceptors (Lipinski definition) is 6. The number of hydrogen-bond donors (Lipinski definition) is 3. The summed E-state index contributed by atoms with van der Waals surface area (Å²) in [5, 5.41) is 12.2. The van der Waals surface area contributed by atoms with Gasteiger partial charge in [-0.3, -0.25) is 9.59 Å². The number of carbonyl (C=O) groups is 3. The Labute approximate surface area is 211 Å². The molecule has 3 aromatic rings. The second-order valence-corrected chi connectivity index (χ2v) is 8.11. The van der Waals surface area contributed by atoms with Gasteiger partial charge in [0, 0.05) is 18.1 Å². The number of primary amides is 1. The van der Waals surface area contributed by atoms with Gasteiger partial charge >= 0.3 is 5.97 Å². The van der Waals surface area contributed by atoms with Gasteiger partial charge in [0.05, 0.1) is 15.6 Å².